The number of fused-ring (bicyclic) bond motifs is 1. The van der Waals surface area contributed by atoms with Crippen molar-refractivity contribution in [1.29, 1.82) is 0 Å². The third-order valence-corrected chi connectivity index (χ3v) is 11.3. The van der Waals surface area contributed by atoms with Gasteiger partial charge in [0.15, 0.2) is 10.5 Å². The molecule has 12 heteroatoms. The summed E-state index contributed by atoms with van der Waals surface area (Å²) in [6, 6.07) is 12.0. The van der Waals surface area contributed by atoms with Crippen molar-refractivity contribution >= 4 is 15.9 Å². The van der Waals surface area contributed by atoms with Crippen LogP contribution in [-0.2, 0) is 29.0 Å². The van der Waals surface area contributed by atoms with Crippen molar-refractivity contribution in [2.24, 2.45) is 0 Å². The molecule has 3 aliphatic rings. The lowest BCUT2D eigenvalue weighted by Crippen LogP contribution is -2.57. The summed E-state index contributed by atoms with van der Waals surface area (Å²) in [7, 11) is -4.12. The molecule has 1 aromatic carbocycles. The Kier molecular flexibility index (Phi) is 9.16. The van der Waals surface area contributed by atoms with E-state index in [0.29, 0.717) is 31.9 Å². The van der Waals surface area contributed by atoms with Gasteiger partial charge in [0.25, 0.3) is 5.91 Å². The Morgan fingerprint density at radius 2 is 1.75 bits per heavy atom. The number of amides is 1. The van der Waals surface area contributed by atoms with E-state index < -0.39 is 38.7 Å². The van der Waals surface area contributed by atoms with Gasteiger partial charge in [0.05, 0.1) is 30.1 Å². The van der Waals surface area contributed by atoms with Gasteiger partial charge in [0.1, 0.15) is 6.61 Å². The predicted molar refractivity (Wildman–Crippen MR) is 164 cm³/mol. The molecule has 2 N–H and O–H groups in total. The van der Waals surface area contributed by atoms with Crippen molar-refractivity contribution < 1.29 is 37.4 Å². The molecule has 3 heterocycles. The maximum Gasteiger partial charge on any atom is 0.266 e. The second kappa shape index (κ2) is 12.3. The van der Waals surface area contributed by atoms with Crippen LogP contribution in [0.2, 0.25) is 0 Å². The normalized spacial score (nSPS) is 26.0. The highest BCUT2D eigenvalue weighted by molar-refractivity contribution is 7.91. The first-order valence-electron chi connectivity index (χ1n) is 15.3. The molecule has 1 aromatic heterocycles. The highest BCUT2D eigenvalue weighted by atomic mass is 32.2. The minimum Gasteiger partial charge on any atom is -0.475 e. The fraction of sp³-hybridized carbons (Fsp3) is 0.625. The Bertz CT molecular complexity index is 1450. The fourth-order valence-corrected chi connectivity index (χ4v) is 8.86. The maximum atomic E-state index is 14.0. The highest BCUT2D eigenvalue weighted by Crippen LogP contribution is 2.48. The van der Waals surface area contributed by atoms with Crippen LogP contribution in [0.25, 0.3) is 11.3 Å². The van der Waals surface area contributed by atoms with Gasteiger partial charge < -0.3 is 18.9 Å². The van der Waals surface area contributed by atoms with Gasteiger partial charge >= 0.3 is 0 Å². The number of rotatable bonds is 9. The largest absolute Gasteiger partial charge is 0.475 e. The number of carbonyl (C=O) groups is 1. The molecule has 44 heavy (non-hydrogen) atoms. The smallest absolute Gasteiger partial charge is 0.266 e. The Labute approximate surface area is 260 Å². The number of hydrogen-bond donors (Lipinski definition) is 2. The van der Waals surface area contributed by atoms with E-state index in [0.717, 1.165) is 22.4 Å². The number of ether oxygens (including phenoxy) is 4. The van der Waals surface area contributed by atoms with Crippen LogP contribution in [0.15, 0.2) is 36.4 Å². The first-order chi connectivity index (χ1) is 20.6. The van der Waals surface area contributed by atoms with E-state index in [1.807, 2.05) is 45.9 Å². The van der Waals surface area contributed by atoms with Crippen LogP contribution in [0, 0.1) is 6.92 Å². The number of nitrogens with zero attached hydrogens (tertiary/aromatic N) is 2. The molecule has 3 atom stereocenters. The number of benzene rings is 1. The number of hydrogen-bond acceptors (Lipinski definition) is 9. The van der Waals surface area contributed by atoms with E-state index in [2.05, 4.69) is 18.2 Å². The minimum absolute atomic E-state index is 0.0681. The van der Waals surface area contributed by atoms with Crippen molar-refractivity contribution in [2.75, 3.05) is 26.3 Å². The number of aryl methyl sites for hydroxylation is 1. The molecule has 1 aliphatic carbocycles. The van der Waals surface area contributed by atoms with Crippen LogP contribution in [0.5, 0.6) is 5.88 Å². The van der Waals surface area contributed by atoms with Crippen molar-refractivity contribution in [3.05, 3.63) is 47.5 Å². The average Bonchev–Trinajstić information content (AvgIpc) is 3.46. The van der Waals surface area contributed by atoms with Crippen LogP contribution < -0.4 is 10.2 Å². The summed E-state index contributed by atoms with van der Waals surface area (Å²) in [6.45, 7) is 13.0. The lowest BCUT2D eigenvalue weighted by Gasteiger charge is -2.38. The summed E-state index contributed by atoms with van der Waals surface area (Å²) in [4.78, 5) is 17.6. The summed E-state index contributed by atoms with van der Waals surface area (Å²) >= 11 is 0. The molecule has 1 saturated carbocycles. The number of piperidine rings is 1. The lowest BCUT2D eigenvalue weighted by atomic mass is 9.88. The van der Waals surface area contributed by atoms with Gasteiger partial charge in [0.2, 0.25) is 15.9 Å². The topological polar surface area (TPSA) is 137 Å². The van der Waals surface area contributed by atoms with Crippen LogP contribution >= 0.6 is 0 Å². The summed E-state index contributed by atoms with van der Waals surface area (Å²) in [6.07, 6.45) is 0.00324. The molecule has 5 rings (SSSR count). The Balaban J connectivity index is 1.24. The molecule has 11 nitrogen and oxygen atoms in total. The minimum atomic E-state index is -4.12. The second-order valence-electron chi connectivity index (χ2n) is 13.5. The zero-order chi connectivity index (χ0) is 31.9. The number of pyridine rings is 1. The fourth-order valence-electron chi connectivity index (χ4n) is 6.65. The van der Waals surface area contributed by atoms with Crippen LogP contribution in [0.1, 0.15) is 77.3 Å². The molecule has 0 spiro atoms. The Morgan fingerprint density at radius 1 is 1.09 bits per heavy atom. The molecule has 2 aliphatic heterocycles. The predicted octanol–water partition coefficient (Wildman–Crippen LogP) is 4.32. The number of sulfonamides is 1. The summed E-state index contributed by atoms with van der Waals surface area (Å²) in [5, 5.41) is 9.52. The lowest BCUT2D eigenvalue weighted by molar-refractivity contribution is -0.157. The van der Waals surface area contributed by atoms with E-state index in [-0.39, 0.29) is 37.5 Å². The van der Waals surface area contributed by atoms with Gasteiger partial charge in [0, 0.05) is 37.6 Å². The van der Waals surface area contributed by atoms with E-state index in [1.165, 1.54) is 4.31 Å². The zero-order valence-corrected chi connectivity index (χ0v) is 27.3. The van der Waals surface area contributed by atoms with E-state index in [1.54, 1.807) is 19.3 Å². The van der Waals surface area contributed by atoms with Gasteiger partial charge in [-0.05, 0) is 77.5 Å². The first-order valence-corrected chi connectivity index (χ1v) is 16.7. The molecule has 1 unspecified atom stereocenters. The van der Waals surface area contributed by atoms with Gasteiger partial charge in [-0.1, -0.05) is 24.3 Å². The van der Waals surface area contributed by atoms with Gasteiger partial charge in [-0.2, -0.15) is 0 Å². The zero-order valence-electron chi connectivity index (χ0n) is 26.5. The second-order valence-corrected chi connectivity index (χ2v) is 15.7. The molecule has 242 valence electrons. The third-order valence-electron chi connectivity index (χ3n) is 8.74. The van der Waals surface area contributed by atoms with Crippen molar-refractivity contribution in [3.8, 4) is 17.1 Å². The van der Waals surface area contributed by atoms with Crippen molar-refractivity contribution in [2.45, 2.75) is 101 Å². The highest BCUT2D eigenvalue weighted by Gasteiger charge is 2.64. The van der Waals surface area contributed by atoms with Crippen molar-refractivity contribution in [1.82, 2.24) is 14.8 Å². The molecular formula is C32H45N3O8S. The first kappa shape index (κ1) is 32.8. The molecule has 1 amide bonds. The third kappa shape index (κ3) is 6.66. The standard InChI is InChI=1S/C32H45N3O8S/c1-21-18-23(10-11-24(21)25-8-7-9-28(33-25)40-16-17-41-30(2,3)4)22-12-14-35(15-13-22)44(38,39)32(29(36)34-37)19-26-27(20-32)43-31(5,6)42-26/h7-11,18,22,26-27,37H,12-17,19-20H2,1-6H3,(H,34,36)/t26-,27+,32?. The summed E-state index contributed by atoms with van der Waals surface area (Å²) in [5.41, 5.74) is 5.40. The maximum absolute atomic E-state index is 14.0. The summed E-state index contributed by atoms with van der Waals surface area (Å²) < 4.78 is 50.8. The van der Waals surface area contributed by atoms with Crippen molar-refractivity contribution in [3.63, 3.8) is 0 Å². The van der Waals surface area contributed by atoms with E-state index in [9.17, 15) is 18.4 Å². The number of hydroxylamine groups is 1. The number of nitrogens with one attached hydrogen (secondary N) is 1. The molecule has 2 aromatic rings. The molecular weight excluding hydrogens is 586 g/mol. The number of aromatic nitrogens is 1. The average molecular weight is 632 g/mol. The molecule has 2 saturated heterocycles. The van der Waals surface area contributed by atoms with Gasteiger partial charge in [-0.15, -0.1) is 0 Å². The van der Waals surface area contributed by atoms with E-state index in [4.69, 9.17) is 23.9 Å². The quantitative estimate of drug-likeness (QED) is 0.236. The van der Waals surface area contributed by atoms with Gasteiger partial charge in [-0.25, -0.2) is 23.2 Å². The number of carbonyl (C=O) groups excluding carboxylic acids is 1. The Morgan fingerprint density at radius 3 is 2.34 bits per heavy atom. The van der Waals surface area contributed by atoms with Gasteiger partial charge in [-0.3, -0.25) is 10.0 Å². The SMILES string of the molecule is Cc1cc(C2CCN(S(=O)(=O)C3(C(=O)NO)C[C@@H]4OC(C)(C)O[C@@H]4C3)CC2)ccc1-c1cccc(OCCOC(C)(C)C)n1. The van der Waals surface area contributed by atoms with Crippen LogP contribution in [-0.4, -0.2) is 83.5 Å². The van der Waals surface area contributed by atoms with Crippen LogP contribution in [0.3, 0.4) is 0 Å². The monoisotopic (exact) mass is 631 g/mol. The molecule has 3 fully saturated rings. The molecule has 0 bridgehead atoms. The van der Waals surface area contributed by atoms with E-state index >= 15 is 0 Å². The molecule has 0 radical (unpaired) electrons. The van der Waals surface area contributed by atoms with Crippen LogP contribution in [0.4, 0.5) is 0 Å². The summed E-state index contributed by atoms with van der Waals surface area (Å²) in [5.74, 6) is -1.08. The Hall–Kier alpha value is -2.61.